The lowest BCUT2D eigenvalue weighted by atomic mass is 9.88. The van der Waals surface area contributed by atoms with E-state index in [2.05, 4.69) is 0 Å². The molecule has 0 heterocycles. The molecule has 0 spiro atoms. The highest BCUT2D eigenvalue weighted by Gasteiger charge is 2.31. The van der Waals surface area contributed by atoms with Gasteiger partial charge < -0.3 is 0 Å². The molecule has 2 aromatic rings. The van der Waals surface area contributed by atoms with Crippen molar-refractivity contribution in [3.63, 3.8) is 0 Å². The number of benzene rings is 2. The summed E-state index contributed by atoms with van der Waals surface area (Å²) in [5.74, 6) is 0. The molecule has 152 valence electrons. The van der Waals surface area contributed by atoms with E-state index >= 15 is 0 Å². The minimum Gasteiger partial charge on any atom is -0.166 e. The van der Waals surface area contributed by atoms with Crippen molar-refractivity contribution in [2.45, 2.75) is 51.9 Å². The number of alkyl halides is 6. The molecule has 0 radical (unpaired) electrons. The zero-order chi connectivity index (χ0) is 20.9. The van der Waals surface area contributed by atoms with Crippen molar-refractivity contribution in [1.29, 1.82) is 0 Å². The van der Waals surface area contributed by atoms with Crippen molar-refractivity contribution >= 4 is 11.1 Å². The van der Waals surface area contributed by atoms with Crippen molar-refractivity contribution in [1.82, 2.24) is 0 Å². The van der Waals surface area contributed by atoms with E-state index in [4.69, 9.17) is 0 Å². The monoisotopic (exact) mass is 400 g/mol. The molecule has 28 heavy (non-hydrogen) atoms. The molecule has 6 heteroatoms. The lowest BCUT2D eigenvalue weighted by Crippen LogP contribution is -2.05. The molecule has 0 atom stereocenters. The van der Waals surface area contributed by atoms with Gasteiger partial charge in [-0.1, -0.05) is 51.0 Å². The Balaban J connectivity index is 2.54. The minimum atomic E-state index is -4.41. The maximum atomic E-state index is 12.8. The molecule has 0 aliphatic carbocycles. The second-order valence-electron chi connectivity index (χ2n) is 6.61. The molecular formula is C22H22F6. The first-order valence-electron chi connectivity index (χ1n) is 9.15. The molecule has 0 fully saturated rings. The highest BCUT2D eigenvalue weighted by atomic mass is 19.4. The molecule has 0 unspecified atom stereocenters. The van der Waals surface area contributed by atoms with Crippen LogP contribution in [0.1, 0.15) is 61.8 Å². The normalized spacial score (nSPS) is 13.4. The predicted octanol–water partition coefficient (Wildman–Crippen LogP) is 8.24. The Morgan fingerprint density at radius 3 is 1.07 bits per heavy atom. The topological polar surface area (TPSA) is 0 Å². The van der Waals surface area contributed by atoms with Gasteiger partial charge in [-0.3, -0.25) is 0 Å². The van der Waals surface area contributed by atoms with Gasteiger partial charge in [0.1, 0.15) is 0 Å². The van der Waals surface area contributed by atoms with Gasteiger partial charge in [-0.15, -0.1) is 0 Å². The maximum Gasteiger partial charge on any atom is 0.416 e. The summed E-state index contributed by atoms with van der Waals surface area (Å²) in [6.07, 6.45) is -6.03. The summed E-state index contributed by atoms with van der Waals surface area (Å²) < 4.78 is 77.1. The number of rotatable bonds is 6. The molecule has 0 bridgehead atoms. The van der Waals surface area contributed by atoms with Gasteiger partial charge in [0.15, 0.2) is 0 Å². The van der Waals surface area contributed by atoms with E-state index in [1.807, 2.05) is 13.8 Å². The summed E-state index contributed by atoms with van der Waals surface area (Å²) in [6.45, 7) is 3.92. The van der Waals surface area contributed by atoms with Crippen molar-refractivity contribution in [2.75, 3.05) is 0 Å². The fourth-order valence-corrected chi connectivity index (χ4v) is 3.16. The zero-order valence-electron chi connectivity index (χ0n) is 15.7. The Kier molecular flexibility index (Phi) is 6.96. The largest absolute Gasteiger partial charge is 0.416 e. The second kappa shape index (κ2) is 8.84. The lowest BCUT2D eigenvalue weighted by molar-refractivity contribution is -0.138. The van der Waals surface area contributed by atoms with Gasteiger partial charge >= 0.3 is 12.4 Å². The summed E-state index contributed by atoms with van der Waals surface area (Å²) >= 11 is 0. The Morgan fingerprint density at radius 1 is 0.571 bits per heavy atom. The zero-order valence-corrected chi connectivity index (χ0v) is 15.7. The highest BCUT2D eigenvalue weighted by Crippen LogP contribution is 2.37. The molecule has 0 aromatic heterocycles. The average Bonchev–Trinajstić information content (AvgIpc) is 2.63. The van der Waals surface area contributed by atoms with E-state index < -0.39 is 23.5 Å². The van der Waals surface area contributed by atoms with Crippen molar-refractivity contribution in [2.24, 2.45) is 0 Å². The second-order valence-corrected chi connectivity index (χ2v) is 6.61. The quantitative estimate of drug-likeness (QED) is 0.338. The molecule has 0 saturated heterocycles. The van der Waals surface area contributed by atoms with Gasteiger partial charge in [-0.2, -0.15) is 26.3 Å². The van der Waals surface area contributed by atoms with Gasteiger partial charge in [0.25, 0.3) is 0 Å². The van der Waals surface area contributed by atoms with Crippen molar-refractivity contribution in [3.8, 4) is 0 Å². The third-order valence-electron chi connectivity index (χ3n) is 4.49. The van der Waals surface area contributed by atoms with Crippen LogP contribution in [0.15, 0.2) is 48.5 Å². The molecule has 0 nitrogen and oxygen atoms in total. The fraction of sp³-hybridized carbons (Fsp3) is 0.364. The molecule has 2 aromatic carbocycles. The van der Waals surface area contributed by atoms with Gasteiger partial charge in [0.2, 0.25) is 0 Å². The predicted molar refractivity (Wildman–Crippen MR) is 99.5 cm³/mol. The van der Waals surface area contributed by atoms with Gasteiger partial charge in [-0.05, 0) is 59.4 Å². The molecule has 0 saturated carbocycles. The van der Waals surface area contributed by atoms with Crippen LogP contribution in [0.5, 0.6) is 0 Å². The number of hydrogen-bond donors (Lipinski definition) is 0. The minimum absolute atomic E-state index is 0.627. The SMILES string of the molecule is CCCC(=C(CCC)c1ccc(C(F)(F)F)cc1)c1ccc(C(F)(F)F)cc1. The summed E-state index contributed by atoms with van der Waals surface area (Å²) in [5, 5.41) is 0. The van der Waals surface area contributed by atoms with Gasteiger partial charge in [0.05, 0.1) is 11.1 Å². The number of hydrogen-bond acceptors (Lipinski definition) is 0. The molecule has 0 amide bonds. The Morgan fingerprint density at radius 2 is 0.857 bits per heavy atom. The smallest absolute Gasteiger partial charge is 0.166 e. The molecular weight excluding hydrogens is 378 g/mol. The standard InChI is InChI=1S/C22H22F6/c1-3-5-19(15-7-11-17(12-8-15)21(23,24)25)20(6-4-2)16-9-13-18(14-10-16)22(26,27)28/h7-14H,3-6H2,1-2H3. The van der Waals surface area contributed by atoms with Crippen LogP contribution in [0, 0.1) is 0 Å². The third kappa shape index (κ3) is 5.40. The van der Waals surface area contributed by atoms with Gasteiger partial charge in [0, 0.05) is 0 Å². The fourth-order valence-electron chi connectivity index (χ4n) is 3.16. The third-order valence-corrected chi connectivity index (χ3v) is 4.49. The first-order valence-corrected chi connectivity index (χ1v) is 9.15. The Bertz CT molecular complexity index is 723. The van der Waals surface area contributed by atoms with Crippen molar-refractivity contribution in [3.05, 3.63) is 70.8 Å². The molecule has 0 aliphatic heterocycles. The van der Waals surface area contributed by atoms with Crippen LogP contribution in [-0.2, 0) is 12.4 Å². The first-order chi connectivity index (χ1) is 13.1. The number of halogens is 6. The van der Waals surface area contributed by atoms with Crippen molar-refractivity contribution < 1.29 is 26.3 Å². The molecule has 2 rings (SSSR count). The van der Waals surface area contributed by atoms with Crippen LogP contribution in [0.4, 0.5) is 26.3 Å². The summed E-state index contributed by atoms with van der Waals surface area (Å²) in [4.78, 5) is 0. The van der Waals surface area contributed by atoms with E-state index in [9.17, 15) is 26.3 Å². The van der Waals surface area contributed by atoms with E-state index in [0.29, 0.717) is 24.0 Å². The van der Waals surface area contributed by atoms with E-state index in [-0.39, 0.29) is 0 Å². The Hall–Kier alpha value is -2.24. The van der Waals surface area contributed by atoms with Crippen LogP contribution < -0.4 is 0 Å². The van der Waals surface area contributed by atoms with Crippen LogP contribution in [0.3, 0.4) is 0 Å². The van der Waals surface area contributed by atoms with Crippen LogP contribution in [-0.4, -0.2) is 0 Å². The first kappa shape index (κ1) is 22.1. The number of allylic oxidation sites excluding steroid dienone is 2. The van der Waals surface area contributed by atoms with E-state index in [1.165, 1.54) is 24.3 Å². The summed E-state index contributed by atoms with van der Waals surface area (Å²) in [5.41, 5.74) is 1.63. The van der Waals surface area contributed by atoms with Gasteiger partial charge in [-0.25, -0.2) is 0 Å². The average molecular weight is 400 g/mol. The van der Waals surface area contributed by atoms with E-state index in [0.717, 1.165) is 48.3 Å². The van der Waals surface area contributed by atoms with Crippen LogP contribution >= 0.6 is 0 Å². The van der Waals surface area contributed by atoms with E-state index in [1.54, 1.807) is 0 Å². The summed E-state index contributed by atoms with van der Waals surface area (Å²) in [7, 11) is 0. The molecule has 0 N–H and O–H groups in total. The highest BCUT2D eigenvalue weighted by molar-refractivity contribution is 5.91. The van der Waals surface area contributed by atoms with Crippen LogP contribution in [0.25, 0.3) is 11.1 Å². The molecule has 0 aliphatic rings. The maximum absolute atomic E-state index is 12.8. The Labute approximate surface area is 160 Å². The van der Waals surface area contributed by atoms with Crippen LogP contribution in [0.2, 0.25) is 0 Å². The summed E-state index contributed by atoms with van der Waals surface area (Å²) in [6, 6.07) is 9.92. The lowest BCUT2D eigenvalue weighted by Gasteiger charge is -2.17.